The summed E-state index contributed by atoms with van der Waals surface area (Å²) in [5.41, 5.74) is 1.23. The lowest BCUT2D eigenvalue weighted by molar-refractivity contribution is 0.117. The Hall–Kier alpha value is -0.380. The van der Waals surface area contributed by atoms with Crippen LogP contribution in [0.15, 0.2) is 28.7 Å². The van der Waals surface area contributed by atoms with E-state index in [-0.39, 0.29) is 0 Å². The SMILES string of the molecule is Brc1cccc(COCCCNC2CCCCC2)c1. The van der Waals surface area contributed by atoms with Gasteiger partial charge in [0, 0.05) is 17.1 Å². The Morgan fingerprint density at radius 1 is 1.21 bits per heavy atom. The Labute approximate surface area is 125 Å². The first-order valence-corrected chi connectivity index (χ1v) is 8.19. The van der Waals surface area contributed by atoms with E-state index in [9.17, 15) is 0 Å². The molecule has 0 atom stereocenters. The maximum atomic E-state index is 5.70. The van der Waals surface area contributed by atoms with E-state index in [1.807, 2.05) is 12.1 Å². The molecule has 1 N–H and O–H groups in total. The van der Waals surface area contributed by atoms with Crippen LogP contribution in [0.5, 0.6) is 0 Å². The van der Waals surface area contributed by atoms with Gasteiger partial charge < -0.3 is 10.1 Å². The number of halogens is 1. The van der Waals surface area contributed by atoms with E-state index in [2.05, 4.69) is 33.4 Å². The van der Waals surface area contributed by atoms with Crippen molar-refractivity contribution in [2.45, 2.75) is 51.2 Å². The van der Waals surface area contributed by atoms with Crippen LogP contribution in [0.25, 0.3) is 0 Å². The summed E-state index contributed by atoms with van der Waals surface area (Å²) in [4.78, 5) is 0. The first kappa shape index (κ1) is 15.0. The van der Waals surface area contributed by atoms with E-state index in [0.29, 0.717) is 6.61 Å². The van der Waals surface area contributed by atoms with Crippen LogP contribution in [-0.4, -0.2) is 19.2 Å². The predicted octanol–water partition coefficient (Wildman–Crippen LogP) is 4.28. The second-order valence-corrected chi connectivity index (χ2v) is 6.24. The van der Waals surface area contributed by atoms with Crippen LogP contribution in [-0.2, 0) is 11.3 Å². The molecule has 2 nitrogen and oxygen atoms in total. The summed E-state index contributed by atoms with van der Waals surface area (Å²) < 4.78 is 6.82. The molecular formula is C16H24BrNO. The molecular weight excluding hydrogens is 302 g/mol. The number of hydrogen-bond acceptors (Lipinski definition) is 2. The molecule has 106 valence electrons. The van der Waals surface area contributed by atoms with Crippen molar-refractivity contribution in [1.82, 2.24) is 5.32 Å². The second kappa shape index (κ2) is 8.72. The van der Waals surface area contributed by atoms with E-state index in [1.54, 1.807) is 0 Å². The highest BCUT2D eigenvalue weighted by Crippen LogP contribution is 2.17. The zero-order chi connectivity index (χ0) is 13.3. The fourth-order valence-electron chi connectivity index (χ4n) is 2.60. The molecule has 3 heteroatoms. The smallest absolute Gasteiger partial charge is 0.0717 e. The van der Waals surface area contributed by atoms with Gasteiger partial charge in [-0.05, 0) is 43.5 Å². The molecule has 1 aromatic rings. The molecule has 0 bridgehead atoms. The summed E-state index contributed by atoms with van der Waals surface area (Å²) in [6.45, 7) is 2.64. The molecule has 0 aliphatic heterocycles. The Morgan fingerprint density at radius 3 is 2.84 bits per heavy atom. The molecule has 1 aliphatic carbocycles. The molecule has 19 heavy (non-hydrogen) atoms. The van der Waals surface area contributed by atoms with E-state index < -0.39 is 0 Å². The lowest BCUT2D eigenvalue weighted by Crippen LogP contribution is -2.32. The summed E-state index contributed by atoms with van der Waals surface area (Å²) in [7, 11) is 0. The van der Waals surface area contributed by atoms with Crippen LogP contribution in [0, 0.1) is 0 Å². The van der Waals surface area contributed by atoms with E-state index in [1.165, 1.54) is 37.7 Å². The van der Waals surface area contributed by atoms with Crippen molar-refractivity contribution in [3.8, 4) is 0 Å². The van der Waals surface area contributed by atoms with Gasteiger partial charge in [-0.2, -0.15) is 0 Å². The van der Waals surface area contributed by atoms with Gasteiger partial charge in [-0.3, -0.25) is 0 Å². The maximum Gasteiger partial charge on any atom is 0.0717 e. The van der Waals surface area contributed by atoms with Crippen molar-refractivity contribution in [1.29, 1.82) is 0 Å². The normalized spacial score (nSPS) is 16.7. The fourth-order valence-corrected chi connectivity index (χ4v) is 3.05. The first-order valence-electron chi connectivity index (χ1n) is 7.40. The molecule has 1 saturated carbocycles. The van der Waals surface area contributed by atoms with Crippen molar-refractivity contribution in [2.24, 2.45) is 0 Å². The molecule has 1 aromatic carbocycles. The van der Waals surface area contributed by atoms with E-state index in [0.717, 1.165) is 30.1 Å². The number of rotatable bonds is 7. The largest absolute Gasteiger partial charge is 0.377 e. The minimum Gasteiger partial charge on any atom is -0.377 e. The minimum atomic E-state index is 0.711. The van der Waals surface area contributed by atoms with Crippen molar-refractivity contribution in [3.63, 3.8) is 0 Å². The lowest BCUT2D eigenvalue weighted by atomic mass is 9.95. The van der Waals surface area contributed by atoms with Gasteiger partial charge in [-0.25, -0.2) is 0 Å². The van der Waals surface area contributed by atoms with Gasteiger partial charge in [-0.15, -0.1) is 0 Å². The maximum absolute atomic E-state index is 5.70. The van der Waals surface area contributed by atoms with Gasteiger partial charge in [0.15, 0.2) is 0 Å². The third kappa shape index (κ3) is 6.07. The summed E-state index contributed by atoms with van der Waals surface area (Å²) in [5.74, 6) is 0. The van der Waals surface area contributed by atoms with Crippen LogP contribution < -0.4 is 5.32 Å². The van der Waals surface area contributed by atoms with Crippen LogP contribution in [0.2, 0.25) is 0 Å². The standard InChI is InChI=1S/C16H24BrNO/c17-15-7-4-6-14(12-15)13-19-11-5-10-18-16-8-2-1-3-9-16/h4,6-7,12,16,18H,1-3,5,8-11,13H2. The van der Waals surface area contributed by atoms with Gasteiger partial charge in [-0.1, -0.05) is 47.3 Å². The predicted molar refractivity (Wildman–Crippen MR) is 83.3 cm³/mol. The second-order valence-electron chi connectivity index (χ2n) is 5.33. The highest BCUT2D eigenvalue weighted by molar-refractivity contribution is 9.10. The first-order chi connectivity index (χ1) is 9.34. The molecule has 0 unspecified atom stereocenters. The molecule has 0 heterocycles. The summed E-state index contributed by atoms with van der Waals surface area (Å²) >= 11 is 3.47. The van der Waals surface area contributed by atoms with Crippen LogP contribution >= 0.6 is 15.9 Å². The molecule has 2 rings (SSSR count). The van der Waals surface area contributed by atoms with E-state index in [4.69, 9.17) is 4.74 Å². The number of benzene rings is 1. The lowest BCUT2D eigenvalue weighted by Gasteiger charge is -2.22. The quantitative estimate of drug-likeness (QED) is 0.755. The molecule has 0 radical (unpaired) electrons. The van der Waals surface area contributed by atoms with Crippen LogP contribution in [0.3, 0.4) is 0 Å². The minimum absolute atomic E-state index is 0.711. The molecule has 0 saturated heterocycles. The Kier molecular flexibility index (Phi) is 6.90. The zero-order valence-electron chi connectivity index (χ0n) is 11.5. The highest BCUT2D eigenvalue weighted by atomic mass is 79.9. The van der Waals surface area contributed by atoms with E-state index >= 15 is 0 Å². The molecule has 0 aromatic heterocycles. The van der Waals surface area contributed by atoms with Crippen molar-refractivity contribution >= 4 is 15.9 Å². The number of ether oxygens (including phenoxy) is 1. The van der Waals surface area contributed by atoms with Gasteiger partial charge in [0.2, 0.25) is 0 Å². The third-order valence-corrected chi connectivity index (χ3v) is 4.15. The number of hydrogen-bond donors (Lipinski definition) is 1. The van der Waals surface area contributed by atoms with Crippen LogP contribution in [0.4, 0.5) is 0 Å². The summed E-state index contributed by atoms with van der Waals surface area (Å²) in [5, 5.41) is 3.64. The Morgan fingerprint density at radius 2 is 2.05 bits per heavy atom. The van der Waals surface area contributed by atoms with Gasteiger partial charge >= 0.3 is 0 Å². The molecule has 0 amide bonds. The highest BCUT2D eigenvalue weighted by Gasteiger charge is 2.11. The van der Waals surface area contributed by atoms with Crippen molar-refractivity contribution < 1.29 is 4.74 Å². The average Bonchev–Trinajstić information content (AvgIpc) is 2.44. The Balaban J connectivity index is 1.50. The summed E-state index contributed by atoms with van der Waals surface area (Å²) in [6.07, 6.45) is 8.05. The fraction of sp³-hybridized carbons (Fsp3) is 0.625. The molecule has 0 spiro atoms. The Bertz CT molecular complexity index is 364. The summed E-state index contributed by atoms with van der Waals surface area (Å²) in [6, 6.07) is 9.06. The number of nitrogens with one attached hydrogen (secondary N) is 1. The monoisotopic (exact) mass is 325 g/mol. The molecule has 1 fully saturated rings. The van der Waals surface area contributed by atoms with Gasteiger partial charge in [0.1, 0.15) is 0 Å². The van der Waals surface area contributed by atoms with Crippen molar-refractivity contribution in [3.05, 3.63) is 34.3 Å². The third-order valence-electron chi connectivity index (χ3n) is 3.66. The average molecular weight is 326 g/mol. The van der Waals surface area contributed by atoms with Crippen LogP contribution in [0.1, 0.15) is 44.1 Å². The van der Waals surface area contributed by atoms with Gasteiger partial charge in [0.05, 0.1) is 6.61 Å². The van der Waals surface area contributed by atoms with Crippen molar-refractivity contribution in [2.75, 3.05) is 13.2 Å². The zero-order valence-corrected chi connectivity index (χ0v) is 13.1. The van der Waals surface area contributed by atoms with Gasteiger partial charge in [0.25, 0.3) is 0 Å². The topological polar surface area (TPSA) is 21.3 Å². The molecule has 1 aliphatic rings.